The summed E-state index contributed by atoms with van der Waals surface area (Å²) in [5.41, 5.74) is 0.622. The molecule has 0 spiro atoms. The Morgan fingerprint density at radius 3 is 2.93 bits per heavy atom. The van der Waals surface area contributed by atoms with E-state index in [9.17, 15) is 4.39 Å². The second-order valence-corrected chi connectivity index (χ2v) is 3.96. The van der Waals surface area contributed by atoms with E-state index in [1.165, 1.54) is 0 Å². The Labute approximate surface area is 93.2 Å². The van der Waals surface area contributed by atoms with Gasteiger partial charge in [0.15, 0.2) is 11.0 Å². The molecule has 0 amide bonds. The number of hydrogen-bond donors (Lipinski definition) is 1. The first-order chi connectivity index (χ1) is 7.27. The van der Waals surface area contributed by atoms with Crippen molar-refractivity contribution in [2.45, 2.75) is 6.54 Å². The van der Waals surface area contributed by atoms with Gasteiger partial charge in [-0.2, -0.15) is 0 Å². The van der Waals surface area contributed by atoms with Gasteiger partial charge in [-0.1, -0.05) is 11.6 Å². The summed E-state index contributed by atoms with van der Waals surface area (Å²) < 4.78 is 13.5. The lowest BCUT2D eigenvalue weighted by molar-refractivity contribution is 0.230. The second kappa shape index (κ2) is 4.88. The largest absolute Gasteiger partial charge is 0.314 e. The van der Waals surface area contributed by atoms with Gasteiger partial charge in [0.2, 0.25) is 0 Å². The SMILES string of the molecule is Fc1c(CN2CCNCC2)ccnc1Cl. The average Bonchev–Trinajstić information content (AvgIpc) is 2.26. The van der Waals surface area contributed by atoms with E-state index in [4.69, 9.17) is 11.6 Å². The molecule has 15 heavy (non-hydrogen) atoms. The first-order valence-electron chi connectivity index (χ1n) is 4.99. The zero-order chi connectivity index (χ0) is 10.7. The Morgan fingerprint density at radius 1 is 1.47 bits per heavy atom. The van der Waals surface area contributed by atoms with E-state index in [2.05, 4.69) is 15.2 Å². The van der Waals surface area contributed by atoms with Gasteiger partial charge < -0.3 is 5.32 Å². The van der Waals surface area contributed by atoms with Crippen LogP contribution >= 0.6 is 11.6 Å². The number of hydrogen-bond acceptors (Lipinski definition) is 3. The van der Waals surface area contributed by atoms with Crippen molar-refractivity contribution in [3.63, 3.8) is 0 Å². The average molecular weight is 230 g/mol. The minimum absolute atomic E-state index is 0.0392. The van der Waals surface area contributed by atoms with Crippen molar-refractivity contribution < 1.29 is 4.39 Å². The molecule has 1 aromatic rings. The molecule has 2 heterocycles. The molecule has 3 nitrogen and oxygen atoms in total. The Kier molecular flexibility index (Phi) is 3.51. The monoisotopic (exact) mass is 229 g/mol. The highest BCUT2D eigenvalue weighted by molar-refractivity contribution is 6.29. The summed E-state index contributed by atoms with van der Waals surface area (Å²) >= 11 is 5.61. The third kappa shape index (κ3) is 2.65. The fourth-order valence-electron chi connectivity index (χ4n) is 1.69. The molecule has 0 unspecified atom stereocenters. The first kappa shape index (κ1) is 10.8. The molecule has 1 fully saturated rings. The van der Waals surface area contributed by atoms with E-state index < -0.39 is 5.82 Å². The third-order valence-electron chi connectivity index (χ3n) is 2.53. The lowest BCUT2D eigenvalue weighted by Crippen LogP contribution is -2.43. The number of aromatic nitrogens is 1. The van der Waals surface area contributed by atoms with Crippen LogP contribution in [0.2, 0.25) is 5.15 Å². The van der Waals surface area contributed by atoms with E-state index in [1.54, 1.807) is 12.3 Å². The topological polar surface area (TPSA) is 28.2 Å². The zero-order valence-electron chi connectivity index (χ0n) is 8.34. The predicted octanol–water partition coefficient (Wildman–Crippen LogP) is 1.28. The summed E-state index contributed by atoms with van der Waals surface area (Å²) in [6.07, 6.45) is 1.54. The van der Waals surface area contributed by atoms with Gasteiger partial charge in [-0.25, -0.2) is 9.37 Å². The third-order valence-corrected chi connectivity index (χ3v) is 2.79. The quantitative estimate of drug-likeness (QED) is 0.775. The molecule has 1 saturated heterocycles. The molecule has 1 aliphatic rings. The minimum Gasteiger partial charge on any atom is -0.314 e. The fraction of sp³-hybridized carbons (Fsp3) is 0.500. The first-order valence-corrected chi connectivity index (χ1v) is 5.37. The maximum Gasteiger partial charge on any atom is 0.165 e. The van der Waals surface area contributed by atoms with Crippen LogP contribution in [0.5, 0.6) is 0 Å². The Morgan fingerprint density at radius 2 is 2.20 bits per heavy atom. The molecule has 2 rings (SSSR count). The van der Waals surface area contributed by atoms with E-state index >= 15 is 0 Å². The predicted molar refractivity (Wildman–Crippen MR) is 57.4 cm³/mol. The van der Waals surface area contributed by atoms with Crippen LogP contribution in [0.15, 0.2) is 12.3 Å². The van der Waals surface area contributed by atoms with Gasteiger partial charge >= 0.3 is 0 Å². The van der Waals surface area contributed by atoms with Gasteiger partial charge in [0.1, 0.15) is 0 Å². The number of nitrogens with one attached hydrogen (secondary N) is 1. The molecule has 0 atom stereocenters. The summed E-state index contributed by atoms with van der Waals surface area (Å²) in [4.78, 5) is 5.89. The molecule has 1 N–H and O–H groups in total. The lowest BCUT2D eigenvalue weighted by Gasteiger charge is -2.27. The van der Waals surface area contributed by atoms with Crippen LogP contribution < -0.4 is 5.32 Å². The van der Waals surface area contributed by atoms with E-state index in [0.717, 1.165) is 26.2 Å². The van der Waals surface area contributed by atoms with Gasteiger partial charge in [0.25, 0.3) is 0 Å². The van der Waals surface area contributed by atoms with Crippen molar-refractivity contribution >= 4 is 11.6 Å². The molecule has 0 bridgehead atoms. The number of halogens is 2. The normalized spacial score (nSPS) is 18.0. The molecule has 1 aliphatic heterocycles. The van der Waals surface area contributed by atoms with E-state index in [1.807, 2.05) is 0 Å². The van der Waals surface area contributed by atoms with Crippen molar-refractivity contribution in [3.8, 4) is 0 Å². The van der Waals surface area contributed by atoms with Crippen LogP contribution in [-0.2, 0) is 6.54 Å². The van der Waals surface area contributed by atoms with Gasteiger partial charge in [-0.15, -0.1) is 0 Å². The molecule has 1 aromatic heterocycles. The highest BCUT2D eigenvalue weighted by Gasteiger charge is 2.13. The molecule has 5 heteroatoms. The van der Waals surface area contributed by atoms with Gasteiger partial charge in [-0.05, 0) is 6.07 Å². The lowest BCUT2D eigenvalue weighted by atomic mass is 10.2. The number of rotatable bonds is 2. The van der Waals surface area contributed by atoms with E-state index in [0.29, 0.717) is 12.1 Å². The standard InChI is InChI=1S/C10H13ClFN3/c11-10-9(12)8(1-2-14-10)7-15-5-3-13-4-6-15/h1-2,13H,3-7H2. The van der Waals surface area contributed by atoms with Crippen LogP contribution in [0.4, 0.5) is 4.39 Å². The molecule has 0 aromatic carbocycles. The van der Waals surface area contributed by atoms with Crippen molar-refractivity contribution in [2.24, 2.45) is 0 Å². The van der Waals surface area contributed by atoms with Gasteiger partial charge in [0.05, 0.1) is 0 Å². The Balaban J connectivity index is 2.06. The Hall–Kier alpha value is -0.710. The minimum atomic E-state index is -0.391. The van der Waals surface area contributed by atoms with Crippen LogP contribution in [0.25, 0.3) is 0 Å². The highest BCUT2D eigenvalue weighted by atomic mass is 35.5. The molecule has 82 valence electrons. The molecule has 0 saturated carbocycles. The van der Waals surface area contributed by atoms with Crippen LogP contribution in [0.1, 0.15) is 5.56 Å². The van der Waals surface area contributed by atoms with Crippen LogP contribution in [0.3, 0.4) is 0 Å². The maximum absolute atomic E-state index is 13.5. The smallest absolute Gasteiger partial charge is 0.165 e. The zero-order valence-corrected chi connectivity index (χ0v) is 9.10. The summed E-state index contributed by atoms with van der Waals surface area (Å²) in [5, 5.41) is 3.21. The summed E-state index contributed by atoms with van der Waals surface area (Å²) in [7, 11) is 0. The van der Waals surface area contributed by atoms with Crippen LogP contribution in [0, 0.1) is 5.82 Å². The Bertz CT molecular complexity index is 339. The van der Waals surface area contributed by atoms with Crippen molar-refractivity contribution in [1.29, 1.82) is 0 Å². The number of pyridine rings is 1. The second-order valence-electron chi connectivity index (χ2n) is 3.60. The molecule has 0 radical (unpaired) electrons. The molecule has 0 aliphatic carbocycles. The van der Waals surface area contributed by atoms with Gasteiger partial charge in [-0.3, -0.25) is 4.90 Å². The van der Waals surface area contributed by atoms with Crippen molar-refractivity contribution in [1.82, 2.24) is 15.2 Å². The molecular formula is C10H13ClFN3. The summed E-state index contributed by atoms with van der Waals surface area (Å²) in [6, 6.07) is 1.68. The van der Waals surface area contributed by atoms with Crippen molar-refractivity contribution in [3.05, 3.63) is 28.8 Å². The van der Waals surface area contributed by atoms with E-state index in [-0.39, 0.29) is 5.15 Å². The summed E-state index contributed by atoms with van der Waals surface area (Å²) in [5.74, 6) is -0.391. The summed E-state index contributed by atoms with van der Waals surface area (Å²) in [6.45, 7) is 4.41. The highest BCUT2D eigenvalue weighted by Crippen LogP contribution is 2.16. The fourth-order valence-corrected chi connectivity index (χ4v) is 1.86. The van der Waals surface area contributed by atoms with Gasteiger partial charge in [0, 0.05) is 44.5 Å². The molecular weight excluding hydrogens is 217 g/mol. The number of nitrogens with zero attached hydrogens (tertiary/aromatic N) is 2. The number of piperazine rings is 1. The van der Waals surface area contributed by atoms with Crippen molar-refractivity contribution in [2.75, 3.05) is 26.2 Å². The van der Waals surface area contributed by atoms with Crippen LogP contribution in [-0.4, -0.2) is 36.1 Å². The maximum atomic E-state index is 13.5.